The van der Waals surface area contributed by atoms with E-state index in [1.807, 2.05) is 0 Å². The van der Waals surface area contributed by atoms with Crippen LogP contribution in [0.4, 0.5) is 0 Å². The largest absolute Gasteiger partial charge is 0.469 e. The van der Waals surface area contributed by atoms with Gasteiger partial charge in [-0.1, -0.05) is 6.92 Å². The maximum absolute atomic E-state index is 10.9. The van der Waals surface area contributed by atoms with Gasteiger partial charge in [0.15, 0.2) is 0 Å². The van der Waals surface area contributed by atoms with Crippen LogP contribution >= 0.6 is 19.6 Å². The molecule has 1 unspecified atom stereocenters. The second-order valence-corrected chi connectivity index (χ2v) is 5.21. The minimum absolute atomic E-state index is 0.0389. The van der Waals surface area contributed by atoms with Gasteiger partial charge in [-0.3, -0.25) is 9.32 Å². The fourth-order valence-electron chi connectivity index (χ4n) is 0.744. The summed E-state index contributed by atoms with van der Waals surface area (Å²) in [6.07, 6.45) is 0. The monoisotopic (exact) mass is 258 g/mol. The van der Waals surface area contributed by atoms with Gasteiger partial charge in [-0.05, 0) is 0 Å². The van der Waals surface area contributed by atoms with Crippen molar-refractivity contribution in [3.63, 3.8) is 0 Å². The molecule has 8 heteroatoms. The molecule has 0 radical (unpaired) electrons. The molecule has 0 aliphatic rings. The zero-order valence-electron chi connectivity index (χ0n) is 8.58. The van der Waals surface area contributed by atoms with Crippen LogP contribution in [0.5, 0.6) is 0 Å². The van der Waals surface area contributed by atoms with Gasteiger partial charge in [0.2, 0.25) is 0 Å². The van der Waals surface area contributed by atoms with Crippen molar-refractivity contribution in [3.8, 4) is 0 Å². The smallest absolute Gasteiger partial charge is 0.469 e. The van der Waals surface area contributed by atoms with Crippen LogP contribution in [0.15, 0.2) is 0 Å². The Kier molecular flexibility index (Phi) is 7.21. The molecule has 0 aliphatic carbocycles. The third kappa shape index (κ3) is 8.89. The van der Waals surface area contributed by atoms with Crippen molar-refractivity contribution in [2.45, 2.75) is 6.92 Å². The number of phosphoric acid groups is 1. The molecule has 0 heterocycles. The van der Waals surface area contributed by atoms with Crippen molar-refractivity contribution in [1.29, 1.82) is 0 Å². The highest BCUT2D eigenvalue weighted by molar-refractivity contribution is 7.99. The summed E-state index contributed by atoms with van der Waals surface area (Å²) in [5, 5.41) is 0. The van der Waals surface area contributed by atoms with Gasteiger partial charge in [0.25, 0.3) is 0 Å². The Bertz CT molecular complexity index is 240. The third-order valence-electron chi connectivity index (χ3n) is 1.46. The molecule has 0 saturated carbocycles. The SMILES string of the molecule is COC(=O)C(C)CSCCOP(=O)(O)O. The first-order chi connectivity index (χ1) is 6.87. The zero-order valence-corrected chi connectivity index (χ0v) is 10.3. The van der Waals surface area contributed by atoms with Crippen molar-refractivity contribution in [2.75, 3.05) is 25.2 Å². The van der Waals surface area contributed by atoms with Crippen LogP contribution in [0.3, 0.4) is 0 Å². The van der Waals surface area contributed by atoms with E-state index < -0.39 is 7.82 Å². The maximum atomic E-state index is 10.9. The number of carbonyl (C=O) groups is 1. The maximum Gasteiger partial charge on any atom is 0.469 e. The van der Waals surface area contributed by atoms with E-state index in [4.69, 9.17) is 9.79 Å². The number of phosphoric ester groups is 1. The molecule has 0 fully saturated rings. The summed E-state index contributed by atoms with van der Waals surface area (Å²) >= 11 is 1.38. The van der Waals surface area contributed by atoms with Crippen LogP contribution in [-0.4, -0.2) is 41.0 Å². The van der Waals surface area contributed by atoms with Gasteiger partial charge in [-0.2, -0.15) is 11.8 Å². The molecule has 1 atom stereocenters. The van der Waals surface area contributed by atoms with Crippen molar-refractivity contribution in [1.82, 2.24) is 0 Å². The third-order valence-corrected chi connectivity index (χ3v) is 3.17. The number of ether oxygens (including phenoxy) is 1. The summed E-state index contributed by atoms with van der Waals surface area (Å²) in [6, 6.07) is 0. The van der Waals surface area contributed by atoms with Crippen LogP contribution in [0, 0.1) is 5.92 Å². The molecule has 0 amide bonds. The van der Waals surface area contributed by atoms with Crippen molar-refractivity contribution < 1.29 is 28.4 Å². The molecule has 0 spiro atoms. The Balaban J connectivity index is 3.47. The van der Waals surface area contributed by atoms with Crippen LogP contribution < -0.4 is 0 Å². The Morgan fingerprint density at radius 3 is 2.60 bits per heavy atom. The number of hydrogen-bond donors (Lipinski definition) is 2. The molecule has 0 saturated heterocycles. The molecular formula is C7H15O6PS. The molecule has 0 bridgehead atoms. The van der Waals surface area contributed by atoms with E-state index in [9.17, 15) is 9.36 Å². The average molecular weight is 258 g/mol. The molecule has 0 aromatic heterocycles. The zero-order chi connectivity index (χ0) is 11.9. The number of rotatable bonds is 7. The van der Waals surface area contributed by atoms with Crippen molar-refractivity contribution >= 4 is 25.6 Å². The van der Waals surface area contributed by atoms with E-state index in [1.165, 1.54) is 18.9 Å². The lowest BCUT2D eigenvalue weighted by Gasteiger charge is -2.08. The van der Waals surface area contributed by atoms with E-state index in [2.05, 4.69) is 9.26 Å². The average Bonchev–Trinajstić information content (AvgIpc) is 2.14. The predicted octanol–water partition coefficient (Wildman–Crippen LogP) is 0.638. The Morgan fingerprint density at radius 2 is 2.13 bits per heavy atom. The minimum Gasteiger partial charge on any atom is -0.469 e. The first-order valence-electron chi connectivity index (χ1n) is 4.22. The summed E-state index contributed by atoms with van der Waals surface area (Å²) in [5.41, 5.74) is 0. The number of hydrogen-bond acceptors (Lipinski definition) is 5. The van der Waals surface area contributed by atoms with Crippen molar-refractivity contribution in [3.05, 3.63) is 0 Å². The van der Waals surface area contributed by atoms with Gasteiger partial charge in [-0.25, -0.2) is 4.57 Å². The number of carbonyl (C=O) groups excluding carboxylic acids is 1. The van der Waals surface area contributed by atoms with Gasteiger partial charge in [0.1, 0.15) is 0 Å². The fourth-order valence-corrected chi connectivity index (χ4v) is 2.05. The molecule has 0 aromatic carbocycles. The standard InChI is InChI=1S/C7H15O6PS/c1-6(7(8)12-2)5-15-4-3-13-14(9,10)11/h6H,3-5H2,1-2H3,(H2,9,10,11). The fraction of sp³-hybridized carbons (Fsp3) is 0.857. The van der Waals surface area contributed by atoms with Gasteiger partial charge in [0.05, 0.1) is 19.6 Å². The lowest BCUT2D eigenvalue weighted by Crippen LogP contribution is -2.15. The van der Waals surface area contributed by atoms with E-state index in [0.717, 1.165) is 0 Å². The number of esters is 1. The lowest BCUT2D eigenvalue weighted by atomic mass is 10.2. The molecule has 15 heavy (non-hydrogen) atoms. The van der Waals surface area contributed by atoms with E-state index in [1.54, 1.807) is 6.92 Å². The second-order valence-electron chi connectivity index (χ2n) is 2.82. The highest BCUT2D eigenvalue weighted by Crippen LogP contribution is 2.35. The van der Waals surface area contributed by atoms with Crippen LogP contribution in [0.2, 0.25) is 0 Å². The topological polar surface area (TPSA) is 93.1 Å². The molecule has 6 nitrogen and oxygen atoms in total. The molecule has 0 aliphatic heterocycles. The quantitative estimate of drug-likeness (QED) is 0.393. The second kappa shape index (κ2) is 7.24. The van der Waals surface area contributed by atoms with Gasteiger partial charge < -0.3 is 14.5 Å². The highest BCUT2D eigenvalue weighted by Gasteiger charge is 2.14. The minimum atomic E-state index is -4.36. The van der Waals surface area contributed by atoms with Gasteiger partial charge in [0, 0.05) is 11.5 Å². The Hall–Kier alpha value is -0.0700. The first kappa shape index (κ1) is 14.9. The van der Waals surface area contributed by atoms with Gasteiger partial charge in [-0.15, -0.1) is 0 Å². The normalized spacial score (nSPS) is 13.6. The van der Waals surface area contributed by atoms with Crippen LogP contribution in [-0.2, 0) is 18.6 Å². The Labute approximate surface area is 92.6 Å². The molecule has 0 rings (SSSR count). The molecule has 0 aromatic rings. The van der Waals surface area contributed by atoms with Gasteiger partial charge >= 0.3 is 13.8 Å². The summed E-state index contributed by atoms with van der Waals surface area (Å²) < 4.78 is 19.0. The lowest BCUT2D eigenvalue weighted by molar-refractivity contribution is -0.144. The van der Waals surface area contributed by atoms with E-state index in [-0.39, 0.29) is 18.5 Å². The van der Waals surface area contributed by atoms with Crippen LogP contribution in [0.25, 0.3) is 0 Å². The summed E-state index contributed by atoms with van der Waals surface area (Å²) in [5.74, 6) is 0.442. The Morgan fingerprint density at radius 1 is 1.53 bits per heavy atom. The van der Waals surface area contributed by atoms with E-state index >= 15 is 0 Å². The first-order valence-corrected chi connectivity index (χ1v) is 6.91. The number of methoxy groups -OCH3 is 1. The van der Waals surface area contributed by atoms with Crippen molar-refractivity contribution in [2.24, 2.45) is 5.92 Å². The predicted molar refractivity (Wildman–Crippen MR) is 56.5 cm³/mol. The molecule has 2 N–H and O–H groups in total. The summed E-state index contributed by atoms with van der Waals surface area (Å²) in [4.78, 5) is 27.7. The molecular weight excluding hydrogens is 243 g/mol. The summed E-state index contributed by atoms with van der Waals surface area (Å²) in [6.45, 7) is 1.69. The van der Waals surface area contributed by atoms with Crippen LogP contribution in [0.1, 0.15) is 6.92 Å². The highest BCUT2D eigenvalue weighted by atomic mass is 32.2. The molecule has 90 valence electrons. The van der Waals surface area contributed by atoms with E-state index in [0.29, 0.717) is 11.5 Å². The summed E-state index contributed by atoms with van der Waals surface area (Å²) in [7, 11) is -3.04. The number of thioether (sulfide) groups is 1.